The van der Waals surface area contributed by atoms with Gasteiger partial charge in [0.1, 0.15) is 22.3 Å². The van der Waals surface area contributed by atoms with Gasteiger partial charge in [-0.25, -0.2) is 19.5 Å². The lowest BCUT2D eigenvalue weighted by Gasteiger charge is -2.44. The molecule has 7 rings (SSSR count). The topological polar surface area (TPSA) is 155 Å². The molecule has 3 fully saturated rings. The van der Waals surface area contributed by atoms with E-state index in [1.54, 1.807) is 48.7 Å². The van der Waals surface area contributed by atoms with Crippen LogP contribution in [-0.2, 0) is 27.2 Å². The van der Waals surface area contributed by atoms with Crippen molar-refractivity contribution in [2.45, 2.75) is 38.0 Å². The Kier molecular flexibility index (Phi) is 12.9. The van der Waals surface area contributed by atoms with E-state index in [-0.39, 0.29) is 35.6 Å². The molecule has 1 N–H and O–H groups in total. The van der Waals surface area contributed by atoms with E-state index in [2.05, 4.69) is 9.88 Å². The van der Waals surface area contributed by atoms with Crippen LogP contribution in [0.1, 0.15) is 46.0 Å². The van der Waals surface area contributed by atoms with E-state index < -0.39 is 18.2 Å². The van der Waals surface area contributed by atoms with Crippen molar-refractivity contribution >= 4 is 58.2 Å². The Bertz CT molecular complexity index is 1780. The van der Waals surface area contributed by atoms with Gasteiger partial charge in [0.15, 0.2) is 29.0 Å². The van der Waals surface area contributed by atoms with E-state index in [4.69, 9.17) is 52.1 Å². The number of anilines is 1. The van der Waals surface area contributed by atoms with E-state index in [0.29, 0.717) is 44.0 Å². The van der Waals surface area contributed by atoms with Crippen molar-refractivity contribution in [2.75, 3.05) is 38.8 Å². The van der Waals surface area contributed by atoms with Crippen molar-refractivity contribution in [3.05, 3.63) is 104 Å². The summed E-state index contributed by atoms with van der Waals surface area (Å²) in [5.74, 6) is 0.730. The summed E-state index contributed by atoms with van der Waals surface area (Å²) in [6.45, 7) is 2.81. The van der Waals surface area contributed by atoms with E-state index >= 15 is 0 Å². The second-order valence-corrected chi connectivity index (χ2v) is 13.5. The highest BCUT2D eigenvalue weighted by molar-refractivity contribution is 7.13. The van der Waals surface area contributed by atoms with Crippen molar-refractivity contribution in [3.63, 3.8) is 0 Å². The third kappa shape index (κ3) is 9.38. The second kappa shape index (κ2) is 17.5. The zero-order valence-corrected chi connectivity index (χ0v) is 30.1. The van der Waals surface area contributed by atoms with Gasteiger partial charge in [0, 0.05) is 30.1 Å². The maximum absolute atomic E-state index is 13.5. The minimum atomic E-state index is -0.851. The molecule has 4 aromatic rings. The fraction of sp³-hybridized carbons (Fsp3) is 0.343. The number of amides is 1. The van der Waals surface area contributed by atoms with Crippen LogP contribution in [0.25, 0.3) is 0 Å². The molecule has 2 atom stereocenters. The molecule has 51 heavy (non-hydrogen) atoms. The number of ether oxygens (including phenoxy) is 4. The first-order valence-electron chi connectivity index (χ1n) is 15.9. The number of hydrogen-bond acceptors (Lipinski definition) is 11. The number of thiazole rings is 1. The summed E-state index contributed by atoms with van der Waals surface area (Å²) in [5, 5.41) is 21.4. The Labute approximate surface area is 308 Å². The van der Waals surface area contributed by atoms with Crippen molar-refractivity contribution in [3.8, 4) is 11.5 Å². The second-order valence-electron chi connectivity index (χ2n) is 11.8. The molecule has 0 saturated carbocycles. The molecule has 0 aliphatic carbocycles. The zero-order valence-electron chi connectivity index (χ0n) is 27.8. The number of fused-ring (bicyclic) bond motifs is 3. The monoisotopic (exact) mass is 758 g/mol. The molecule has 1 amide bonds. The molecule has 0 radical (unpaired) electrons. The predicted octanol–water partition coefficient (Wildman–Crippen LogP) is 6.18. The smallest absolute Gasteiger partial charge is 0.416 e. The first-order valence-corrected chi connectivity index (χ1v) is 17.5. The summed E-state index contributed by atoms with van der Waals surface area (Å²) in [7, 11) is 3.03. The number of carbonyl (C=O) groups excluding carboxylic acids is 2. The normalized spacial score (nSPS) is 18.1. The summed E-state index contributed by atoms with van der Waals surface area (Å²) in [5.41, 5.74) is 2.12. The van der Waals surface area contributed by atoms with E-state index in [1.165, 1.54) is 42.8 Å². The number of rotatable bonds is 11. The van der Waals surface area contributed by atoms with Crippen LogP contribution in [0.15, 0.2) is 66.4 Å². The Hall–Kier alpha value is -4.63. The van der Waals surface area contributed by atoms with Crippen LogP contribution in [0, 0.1) is 11.1 Å². The highest BCUT2D eigenvalue weighted by Gasteiger charge is 2.37. The standard InChI is InChI=1S/C34H34Cl2N4O7S.CH2O2/c1-44-28-8-7-24(15-30(28)45-2)29(16-25-26(35)18-39(43)19-27(25)36)46-32(41)23-5-3-21(4-6-23)17-40(33-37-11-14-48-33)34(42)47-31-20-38-12-9-22(31)10-13-38;2-1-3/h3-8,11,14-15,18-19,22,29,31H,9-10,12-13,16-17,20H2,1-2H3;1H,(H,2,3)/t29?,31-;/m0./s1. The Morgan fingerprint density at radius 3 is 2.33 bits per heavy atom. The summed E-state index contributed by atoms with van der Waals surface area (Å²) in [6, 6.07) is 12.0. The number of piperidine rings is 3. The minimum absolute atomic E-state index is 0.0856. The van der Waals surface area contributed by atoms with Crippen LogP contribution in [0.2, 0.25) is 10.0 Å². The van der Waals surface area contributed by atoms with Crippen LogP contribution >= 0.6 is 34.5 Å². The van der Waals surface area contributed by atoms with Gasteiger partial charge in [0.2, 0.25) is 0 Å². The number of nitrogens with zero attached hydrogens (tertiary/aromatic N) is 4. The molecule has 2 aromatic heterocycles. The van der Waals surface area contributed by atoms with E-state index in [9.17, 15) is 14.8 Å². The largest absolute Gasteiger partial charge is 0.619 e. The quantitative estimate of drug-likeness (QED) is 0.0807. The summed E-state index contributed by atoms with van der Waals surface area (Å²) < 4.78 is 23.4. The van der Waals surface area contributed by atoms with Crippen LogP contribution in [0.4, 0.5) is 9.93 Å². The molecule has 2 bridgehead atoms. The molecule has 13 nitrogen and oxygen atoms in total. The fourth-order valence-electron chi connectivity index (χ4n) is 6.11. The number of benzene rings is 2. The molecule has 2 aromatic carbocycles. The Morgan fingerprint density at radius 2 is 1.76 bits per heavy atom. The molecule has 1 unspecified atom stereocenters. The van der Waals surface area contributed by atoms with E-state index in [0.717, 1.165) is 38.0 Å². The van der Waals surface area contributed by atoms with Crippen LogP contribution in [0.3, 0.4) is 0 Å². The Balaban J connectivity index is 0.00000162. The maximum atomic E-state index is 13.5. The number of methoxy groups -OCH3 is 2. The number of carboxylic acid groups (broad SMARTS) is 1. The van der Waals surface area contributed by atoms with Gasteiger partial charge >= 0.3 is 12.1 Å². The molecule has 5 heterocycles. The third-order valence-electron chi connectivity index (χ3n) is 8.73. The number of esters is 1. The van der Waals surface area contributed by atoms with Crippen molar-refractivity contribution < 1.29 is 43.2 Å². The van der Waals surface area contributed by atoms with Gasteiger partial charge in [-0.15, -0.1) is 11.3 Å². The summed E-state index contributed by atoms with van der Waals surface area (Å²) in [6.07, 6.45) is 4.75. The first-order chi connectivity index (χ1) is 24.6. The van der Waals surface area contributed by atoms with Gasteiger partial charge in [-0.1, -0.05) is 41.4 Å². The molecule has 3 aliphatic heterocycles. The van der Waals surface area contributed by atoms with Crippen LogP contribution in [0.5, 0.6) is 11.5 Å². The molecule has 3 saturated heterocycles. The summed E-state index contributed by atoms with van der Waals surface area (Å²) in [4.78, 5) is 43.6. The third-order valence-corrected chi connectivity index (χ3v) is 10.2. The number of carbonyl (C=O) groups is 3. The van der Waals surface area contributed by atoms with Gasteiger partial charge in [-0.05, 0) is 67.2 Å². The van der Waals surface area contributed by atoms with Gasteiger partial charge in [0.25, 0.3) is 6.47 Å². The lowest BCUT2D eigenvalue weighted by molar-refractivity contribution is -0.605. The van der Waals surface area contributed by atoms with Crippen molar-refractivity contribution in [1.29, 1.82) is 0 Å². The minimum Gasteiger partial charge on any atom is -0.619 e. The SMILES string of the molecule is COc1ccc(C(Cc2c(Cl)c[n+]([O-])cc2Cl)OC(=O)c2ccc(CN(C(=O)O[C@H]3CN4CCC3CC4)c3nccs3)cc2)cc1OC.O=CO. The van der Waals surface area contributed by atoms with Gasteiger partial charge < -0.3 is 29.3 Å². The average Bonchev–Trinajstić information content (AvgIpc) is 3.67. The fourth-order valence-corrected chi connectivity index (χ4v) is 7.34. The molecule has 3 aliphatic rings. The lowest BCUT2D eigenvalue weighted by Crippen LogP contribution is -2.53. The maximum Gasteiger partial charge on any atom is 0.416 e. The molecule has 0 spiro atoms. The van der Waals surface area contributed by atoms with Crippen LogP contribution < -0.4 is 19.1 Å². The highest BCUT2D eigenvalue weighted by Crippen LogP contribution is 2.36. The average molecular weight is 760 g/mol. The predicted molar refractivity (Wildman–Crippen MR) is 190 cm³/mol. The first kappa shape index (κ1) is 37.6. The molecular weight excluding hydrogens is 723 g/mol. The molecule has 16 heteroatoms. The number of aromatic nitrogens is 2. The van der Waals surface area contributed by atoms with Gasteiger partial charge in [-0.2, -0.15) is 4.73 Å². The number of hydrogen-bond donors (Lipinski definition) is 1. The van der Waals surface area contributed by atoms with Gasteiger partial charge in [-0.3, -0.25) is 9.69 Å². The molecule has 270 valence electrons. The Morgan fingerprint density at radius 1 is 1.10 bits per heavy atom. The zero-order chi connectivity index (χ0) is 36.5. The summed E-state index contributed by atoms with van der Waals surface area (Å²) >= 11 is 14.1. The molecular formula is C35H36Cl2N4O9S. The highest BCUT2D eigenvalue weighted by atomic mass is 35.5. The number of halogens is 2. The van der Waals surface area contributed by atoms with Crippen LogP contribution in [-0.4, -0.2) is 73.5 Å². The van der Waals surface area contributed by atoms with Crippen molar-refractivity contribution in [1.82, 2.24) is 9.88 Å². The van der Waals surface area contributed by atoms with Gasteiger partial charge in [0.05, 0.1) is 26.3 Å². The van der Waals surface area contributed by atoms with Crippen molar-refractivity contribution in [2.24, 2.45) is 5.92 Å². The van der Waals surface area contributed by atoms with E-state index in [1.807, 2.05) is 5.38 Å². The number of pyridine rings is 1. The lowest BCUT2D eigenvalue weighted by atomic mass is 9.86.